The molecule has 1 aliphatic rings. The third-order valence-electron chi connectivity index (χ3n) is 5.35. The number of carbonyl (C=O) groups excluding carboxylic acids is 1. The highest BCUT2D eigenvalue weighted by atomic mass is 32.2. The van der Waals surface area contributed by atoms with Crippen molar-refractivity contribution in [3.63, 3.8) is 0 Å². The number of hydrogen-bond acceptors (Lipinski definition) is 6. The molecule has 0 radical (unpaired) electrons. The minimum Gasteiger partial charge on any atom is -0.322 e. The zero-order chi connectivity index (χ0) is 23.4. The zero-order valence-electron chi connectivity index (χ0n) is 18.6. The van der Waals surface area contributed by atoms with E-state index in [1.807, 2.05) is 32.0 Å². The Labute approximate surface area is 198 Å². The molecule has 172 valence electrons. The minimum atomic E-state index is -3.72. The molecular weight excluding hydrogens is 456 g/mol. The number of hydrogen-bond donors (Lipinski definition) is 1. The minimum absolute atomic E-state index is 0.0449. The van der Waals surface area contributed by atoms with Crippen molar-refractivity contribution in [3.05, 3.63) is 71.5 Å². The number of benzene rings is 2. The Morgan fingerprint density at radius 1 is 0.939 bits per heavy atom. The molecule has 1 fully saturated rings. The van der Waals surface area contributed by atoms with Gasteiger partial charge in [-0.05, 0) is 80.9 Å². The van der Waals surface area contributed by atoms with Crippen molar-refractivity contribution >= 4 is 33.4 Å². The maximum Gasteiger partial charge on any atom is 0.257 e. The summed E-state index contributed by atoms with van der Waals surface area (Å²) in [5, 5.41) is 3.49. The molecule has 0 saturated carbocycles. The van der Waals surface area contributed by atoms with E-state index in [1.54, 1.807) is 30.3 Å². The molecule has 9 heteroatoms. The van der Waals surface area contributed by atoms with E-state index >= 15 is 0 Å². The van der Waals surface area contributed by atoms with Crippen LogP contribution in [0.25, 0.3) is 0 Å². The number of aryl methyl sites for hydroxylation is 2. The lowest BCUT2D eigenvalue weighted by atomic mass is 10.2. The predicted octanol–water partition coefficient (Wildman–Crippen LogP) is 4.67. The summed E-state index contributed by atoms with van der Waals surface area (Å²) in [4.78, 5) is 22.8. The van der Waals surface area contributed by atoms with Gasteiger partial charge in [0.15, 0.2) is 5.16 Å². The maximum absolute atomic E-state index is 13.2. The highest BCUT2D eigenvalue weighted by Gasteiger charge is 2.29. The average Bonchev–Trinajstić information content (AvgIpc) is 2.80. The number of piperidine rings is 1. The average molecular weight is 483 g/mol. The molecular formula is C24H26N4O3S2. The molecule has 4 rings (SSSR count). The van der Waals surface area contributed by atoms with Crippen LogP contribution < -0.4 is 5.32 Å². The van der Waals surface area contributed by atoms with Crippen molar-refractivity contribution in [2.24, 2.45) is 0 Å². The molecule has 3 aromatic rings. The fraction of sp³-hybridized carbons (Fsp3) is 0.292. The van der Waals surface area contributed by atoms with E-state index in [-0.39, 0.29) is 10.5 Å². The summed E-state index contributed by atoms with van der Waals surface area (Å²) in [6.45, 7) is 4.84. The van der Waals surface area contributed by atoms with Crippen LogP contribution in [0, 0.1) is 13.8 Å². The van der Waals surface area contributed by atoms with Gasteiger partial charge in [0.2, 0.25) is 10.0 Å². The quantitative estimate of drug-likeness (QED) is 0.513. The molecule has 1 saturated heterocycles. The van der Waals surface area contributed by atoms with Gasteiger partial charge < -0.3 is 5.32 Å². The Morgan fingerprint density at radius 3 is 2.24 bits per heavy atom. The summed E-state index contributed by atoms with van der Waals surface area (Å²) < 4.78 is 27.8. The molecule has 0 unspecified atom stereocenters. The first kappa shape index (κ1) is 23.4. The second-order valence-electron chi connectivity index (χ2n) is 7.97. The van der Waals surface area contributed by atoms with Gasteiger partial charge in [-0.2, -0.15) is 4.31 Å². The first-order valence-electron chi connectivity index (χ1n) is 10.8. The summed E-state index contributed by atoms with van der Waals surface area (Å²) in [6.07, 6.45) is 2.70. The lowest BCUT2D eigenvalue weighted by Crippen LogP contribution is -2.36. The van der Waals surface area contributed by atoms with E-state index in [2.05, 4.69) is 15.3 Å². The van der Waals surface area contributed by atoms with Crippen LogP contribution in [0.5, 0.6) is 0 Å². The smallest absolute Gasteiger partial charge is 0.257 e. The maximum atomic E-state index is 13.2. The van der Waals surface area contributed by atoms with Crippen molar-refractivity contribution < 1.29 is 13.2 Å². The number of sulfonamides is 1. The fourth-order valence-electron chi connectivity index (χ4n) is 3.77. The number of amides is 1. The van der Waals surface area contributed by atoms with Gasteiger partial charge in [-0.25, -0.2) is 18.4 Å². The lowest BCUT2D eigenvalue weighted by Gasteiger charge is -2.26. The molecule has 7 nitrogen and oxygen atoms in total. The summed E-state index contributed by atoms with van der Waals surface area (Å²) in [5.74, 6) is -0.454. The van der Waals surface area contributed by atoms with E-state index < -0.39 is 15.9 Å². The molecule has 0 atom stereocenters. The van der Waals surface area contributed by atoms with E-state index in [0.29, 0.717) is 23.9 Å². The van der Waals surface area contributed by atoms with E-state index in [1.165, 1.54) is 22.1 Å². The van der Waals surface area contributed by atoms with Crippen LogP contribution in [0.1, 0.15) is 41.0 Å². The molecule has 0 aliphatic carbocycles. The van der Waals surface area contributed by atoms with Gasteiger partial charge in [0.05, 0.1) is 10.5 Å². The van der Waals surface area contributed by atoms with Gasteiger partial charge in [0, 0.05) is 35.1 Å². The molecule has 33 heavy (non-hydrogen) atoms. The second kappa shape index (κ2) is 10.0. The highest BCUT2D eigenvalue weighted by Crippen LogP contribution is 2.27. The van der Waals surface area contributed by atoms with Crippen molar-refractivity contribution in [2.45, 2.75) is 48.1 Å². The lowest BCUT2D eigenvalue weighted by molar-refractivity contribution is 0.102. The van der Waals surface area contributed by atoms with Crippen LogP contribution in [0.15, 0.2) is 69.5 Å². The van der Waals surface area contributed by atoms with Crippen LogP contribution in [0.3, 0.4) is 0 Å². The van der Waals surface area contributed by atoms with Crippen molar-refractivity contribution in [2.75, 3.05) is 18.4 Å². The Balaban J connectivity index is 1.50. The molecule has 1 aromatic heterocycles. The summed E-state index contributed by atoms with van der Waals surface area (Å²) >= 11 is 1.44. The fourth-order valence-corrected chi connectivity index (χ4v) is 6.34. The topological polar surface area (TPSA) is 92.3 Å². The summed E-state index contributed by atoms with van der Waals surface area (Å²) in [6, 6.07) is 15.6. The molecule has 2 heterocycles. The number of carbonyl (C=O) groups is 1. The Morgan fingerprint density at radius 2 is 1.58 bits per heavy atom. The third-order valence-corrected chi connectivity index (χ3v) is 8.18. The van der Waals surface area contributed by atoms with Gasteiger partial charge in [-0.1, -0.05) is 18.6 Å². The van der Waals surface area contributed by atoms with Gasteiger partial charge in [-0.15, -0.1) is 0 Å². The monoisotopic (exact) mass is 482 g/mol. The van der Waals surface area contributed by atoms with Crippen LogP contribution in [-0.4, -0.2) is 41.7 Å². The van der Waals surface area contributed by atoms with E-state index in [0.717, 1.165) is 35.5 Å². The molecule has 1 aliphatic heterocycles. The van der Waals surface area contributed by atoms with Crippen molar-refractivity contribution in [3.8, 4) is 0 Å². The number of nitrogens with zero attached hydrogens (tertiary/aromatic N) is 3. The molecule has 2 aromatic carbocycles. The van der Waals surface area contributed by atoms with E-state index in [4.69, 9.17) is 0 Å². The van der Waals surface area contributed by atoms with Crippen molar-refractivity contribution in [1.82, 2.24) is 14.3 Å². The zero-order valence-corrected chi connectivity index (χ0v) is 20.2. The molecule has 0 bridgehead atoms. The van der Waals surface area contributed by atoms with Gasteiger partial charge in [0.25, 0.3) is 5.91 Å². The normalized spacial score (nSPS) is 14.7. The molecule has 1 N–H and O–H groups in total. The number of anilines is 1. The predicted molar refractivity (Wildman–Crippen MR) is 129 cm³/mol. The Hall–Kier alpha value is -2.75. The van der Waals surface area contributed by atoms with Crippen LogP contribution in [0.2, 0.25) is 0 Å². The number of aromatic nitrogens is 2. The Bertz CT molecular complexity index is 1230. The van der Waals surface area contributed by atoms with Gasteiger partial charge in [0.1, 0.15) is 0 Å². The second-order valence-corrected chi connectivity index (χ2v) is 10.9. The highest BCUT2D eigenvalue weighted by molar-refractivity contribution is 7.99. The van der Waals surface area contributed by atoms with Crippen molar-refractivity contribution in [1.29, 1.82) is 0 Å². The number of rotatable bonds is 6. The molecule has 0 spiro atoms. The van der Waals surface area contributed by atoms with Crippen LogP contribution in [-0.2, 0) is 10.0 Å². The SMILES string of the molecule is Cc1cc(C)nc(Sc2ccc(NC(=O)c3ccccc3S(=O)(=O)N3CCCCC3)cc2)n1. The first-order valence-corrected chi connectivity index (χ1v) is 13.1. The summed E-state index contributed by atoms with van der Waals surface area (Å²) in [5.41, 5.74) is 2.54. The largest absolute Gasteiger partial charge is 0.322 e. The Kier molecular flexibility index (Phi) is 7.11. The first-order chi connectivity index (χ1) is 15.8. The standard InChI is InChI=1S/C24H26N4O3S2/c1-17-16-18(2)26-24(25-17)32-20-12-10-19(11-13-20)27-23(29)21-8-4-5-9-22(21)33(30,31)28-14-6-3-7-15-28/h4-5,8-13,16H,3,6-7,14-15H2,1-2H3,(H,27,29). The van der Waals surface area contributed by atoms with Gasteiger partial charge >= 0.3 is 0 Å². The van der Waals surface area contributed by atoms with E-state index in [9.17, 15) is 13.2 Å². The van der Waals surface area contributed by atoms with Gasteiger partial charge in [-0.3, -0.25) is 4.79 Å². The van der Waals surface area contributed by atoms with Crippen LogP contribution in [0.4, 0.5) is 5.69 Å². The third kappa shape index (κ3) is 5.61. The number of nitrogens with one attached hydrogen (secondary N) is 1. The van der Waals surface area contributed by atoms with Crippen LogP contribution >= 0.6 is 11.8 Å². The molecule has 1 amide bonds. The summed E-state index contributed by atoms with van der Waals surface area (Å²) in [7, 11) is -3.72.